The number of rotatable bonds is 3. The fourth-order valence-corrected chi connectivity index (χ4v) is 4.87. The van der Waals surface area contributed by atoms with Gasteiger partial charge in [0, 0.05) is 26.2 Å². The van der Waals surface area contributed by atoms with Crippen LogP contribution in [-0.2, 0) is 14.8 Å². The summed E-state index contributed by atoms with van der Waals surface area (Å²) in [5.41, 5.74) is 0.921. The van der Waals surface area contributed by atoms with E-state index in [-0.39, 0.29) is 11.8 Å². The van der Waals surface area contributed by atoms with Crippen molar-refractivity contribution >= 4 is 15.9 Å². The van der Waals surface area contributed by atoms with E-state index in [1.54, 1.807) is 18.2 Å². The van der Waals surface area contributed by atoms with Crippen LogP contribution in [0.25, 0.3) is 0 Å². The Bertz CT molecular complexity index is 666. The summed E-state index contributed by atoms with van der Waals surface area (Å²) in [5, 5.41) is 0. The molecular weight excluding hydrogens is 300 g/mol. The van der Waals surface area contributed by atoms with Crippen LogP contribution in [0, 0.1) is 12.8 Å². The molecule has 1 amide bonds. The van der Waals surface area contributed by atoms with E-state index < -0.39 is 10.0 Å². The summed E-state index contributed by atoms with van der Waals surface area (Å²) in [5.74, 6) is -0.0582. The van der Waals surface area contributed by atoms with Gasteiger partial charge < -0.3 is 4.90 Å². The summed E-state index contributed by atoms with van der Waals surface area (Å²) in [7, 11) is -3.49. The minimum Gasteiger partial charge on any atom is -0.342 e. The number of sulfonamides is 1. The van der Waals surface area contributed by atoms with Gasteiger partial charge in [-0.25, -0.2) is 8.42 Å². The predicted octanol–water partition coefficient (Wildman–Crippen LogP) is 1.63. The Balaban J connectivity index is 1.73. The Labute approximate surface area is 132 Å². The SMILES string of the molecule is Cc1cccc(S(=O)(=O)N2CCC(C(=O)N3CCCC3)C2)c1. The van der Waals surface area contributed by atoms with Gasteiger partial charge in [-0.2, -0.15) is 4.31 Å². The molecule has 0 N–H and O–H groups in total. The summed E-state index contributed by atoms with van der Waals surface area (Å²) in [6, 6.07) is 6.94. The standard InChI is InChI=1S/C16H22N2O3S/c1-13-5-4-6-15(11-13)22(20,21)18-10-7-14(12-18)16(19)17-8-2-3-9-17/h4-6,11,14H,2-3,7-10,12H2,1H3. The van der Waals surface area contributed by atoms with Gasteiger partial charge in [0.1, 0.15) is 0 Å². The minimum atomic E-state index is -3.49. The molecule has 1 aromatic rings. The van der Waals surface area contributed by atoms with Crippen molar-refractivity contribution in [3.63, 3.8) is 0 Å². The highest BCUT2D eigenvalue weighted by atomic mass is 32.2. The molecule has 0 saturated carbocycles. The molecule has 0 bridgehead atoms. The number of hydrogen-bond acceptors (Lipinski definition) is 3. The third-order valence-corrected chi connectivity index (χ3v) is 6.41. The number of benzene rings is 1. The van der Waals surface area contributed by atoms with Crippen LogP contribution in [0.2, 0.25) is 0 Å². The van der Waals surface area contributed by atoms with Crippen molar-refractivity contribution in [1.29, 1.82) is 0 Å². The molecule has 1 atom stereocenters. The summed E-state index contributed by atoms with van der Waals surface area (Å²) in [6.07, 6.45) is 2.74. The Morgan fingerprint density at radius 1 is 1.18 bits per heavy atom. The molecule has 22 heavy (non-hydrogen) atoms. The van der Waals surface area contributed by atoms with Gasteiger partial charge in [-0.15, -0.1) is 0 Å². The van der Waals surface area contributed by atoms with Crippen molar-refractivity contribution in [3.05, 3.63) is 29.8 Å². The van der Waals surface area contributed by atoms with Gasteiger partial charge in [0.05, 0.1) is 10.8 Å². The first-order valence-electron chi connectivity index (χ1n) is 7.84. The lowest BCUT2D eigenvalue weighted by Crippen LogP contribution is -2.36. The molecule has 2 aliphatic heterocycles. The zero-order valence-corrected chi connectivity index (χ0v) is 13.7. The molecule has 1 aromatic carbocycles. The number of nitrogens with zero attached hydrogens (tertiary/aromatic N) is 2. The van der Waals surface area contributed by atoms with Gasteiger partial charge in [0.25, 0.3) is 0 Å². The van der Waals surface area contributed by atoms with Crippen LogP contribution in [0.1, 0.15) is 24.8 Å². The van der Waals surface area contributed by atoms with Gasteiger partial charge in [-0.1, -0.05) is 12.1 Å². The van der Waals surface area contributed by atoms with Crippen molar-refractivity contribution < 1.29 is 13.2 Å². The van der Waals surface area contributed by atoms with E-state index in [1.807, 2.05) is 17.9 Å². The molecule has 120 valence electrons. The number of aryl methyl sites for hydroxylation is 1. The fourth-order valence-electron chi connectivity index (χ4n) is 3.27. The highest BCUT2D eigenvalue weighted by Gasteiger charge is 2.37. The second-order valence-electron chi connectivity index (χ2n) is 6.20. The van der Waals surface area contributed by atoms with Crippen LogP contribution < -0.4 is 0 Å². The molecule has 0 radical (unpaired) electrons. The van der Waals surface area contributed by atoms with Gasteiger partial charge in [0.2, 0.25) is 15.9 Å². The molecule has 2 heterocycles. The van der Waals surface area contributed by atoms with Gasteiger partial charge >= 0.3 is 0 Å². The van der Waals surface area contributed by atoms with Crippen molar-refractivity contribution in [2.45, 2.75) is 31.1 Å². The topological polar surface area (TPSA) is 57.7 Å². The summed E-state index contributed by atoms with van der Waals surface area (Å²) in [4.78, 5) is 14.6. The molecule has 3 rings (SSSR count). The van der Waals surface area contributed by atoms with Crippen LogP contribution in [0.15, 0.2) is 29.2 Å². The Morgan fingerprint density at radius 3 is 2.59 bits per heavy atom. The average Bonchev–Trinajstić information content (AvgIpc) is 3.18. The van der Waals surface area contributed by atoms with Gasteiger partial charge in [-0.3, -0.25) is 4.79 Å². The second kappa shape index (κ2) is 6.01. The molecule has 2 fully saturated rings. The normalized spacial score (nSPS) is 23.1. The largest absolute Gasteiger partial charge is 0.342 e. The lowest BCUT2D eigenvalue weighted by Gasteiger charge is -2.20. The second-order valence-corrected chi connectivity index (χ2v) is 8.14. The quantitative estimate of drug-likeness (QED) is 0.850. The first-order valence-corrected chi connectivity index (χ1v) is 9.28. The van der Waals surface area contributed by atoms with Crippen LogP contribution >= 0.6 is 0 Å². The van der Waals surface area contributed by atoms with E-state index in [2.05, 4.69) is 0 Å². The van der Waals surface area contributed by atoms with E-state index in [0.717, 1.165) is 31.5 Å². The first-order chi connectivity index (χ1) is 10.5. The van der Waals surface area contributed by atoms with Crippen molar-refractivity contribution in [1.82, 2.24) is 9.21 Å². The molecule has 2 saturated heterocycles. The Kier molecular flexibility index (Phi) is 4.23. The number of amides is 1. The molecular formula is C16H22N2O3S. The summed E-state index contributed by atoms with van der Waals surface area (Å²) in [6.45, 7) is 4.26. The molecule has 1 unspecified atom stereocenters. The first kappa shape index (κ1) is 15.5. The fraction of sp³-hybridized carbons (Fsp3) is 0.562. The van der Waals surface area contributed by atoms with E-state index in [0.29, 0.717) is 24.4 Å². The molecule has 2 aliphatic rings. The van der Waals surface area contributed by atoms with Crippen LogP contribution in [0.5, 0.6) is 0 Å². The molecule has 6 heteroatoms. The molecule has 5 nitrogen and oxygen atoms in total. The van der Waals surface area contributed by atoms with E-state index in [1.165, 1.54) is 4.31 Å². The Morgan fingerprint density at radius 2 is 1.91 bits per heavy atom. The van der Waals surface area contributed by atoms with Crippen molar-refractivity contribution in [3.8, 4) is 0 Å². The van der Waals surface area contributed by atoms with Crippen LogP contribution in [0.3, 0.4) is 0 Å². The number of likely N-dealkylation sites (tertiary alicyclic amines) is 1. The average molecular weight is 322 g/mol. The third-order valence-electron chi connectivity index (χ3n) is 4.55. The zero-order valence-electron chi connectivity index (χ0n) is 12.9. The number of hydrogen-bond donors (Lipinski definition) is 0. The van der Waals surface area contributed by atoms with E-state index in [4.69, 9.17) is 0 Å². The monoisotopic (exact) mass is 322 g/mol. The maximum Gasteiger partial charge on any atom is 0.243 e. The third kappa shape index (κ3) is 2.90. The van der Waals surface area contributed by atoms with Gasteiger partial charge in [-0.05, 0) is 43.9 Å². The lowest BCUT2D eigenvalue weighted by molar-refractivity contribution is -0.133. The maximum atomic E-state index is 12.7. The highest BCUT2D eigenvalue weighted by Crippen LogP contribution is 2.27. The minimum absolute atomic E-state index is 0.124. The predicted molar refractivity (Wildman–Crippen MR) is 83.9 cm³/mol. The summed E-state index contributed by atoms with van der Waals surface area (Å²) < 4.78 is 26.8. The molecule has 0 spiro atoms. The van der Waals surface area contributed by atoms with Crippen LogP contribution in [0.4, 0.5) is 0 Å². The molecule has 0 aliphatic carbocycles. The number of carbonyl (C=O) groups is 1. The molecule has 0 aromatic heterocycles. The zero-order chi connectivity index (χ0) is 15.7. The lowest BCUT2D eigenvalue weighted by atomic mass is 10.1. The maximum absolute atomic E-state index is 12.7. The van der Waals surface area contributed by atoms with Crippen LogP contribution in [-0.4, -0.2) is 49.7 Å². The highest BCUT2D eigenvalue weighted by molar-refractivity contribution is 7.89. The van der Waals surface area contributed by atoms with Crippen molar-refractivity contribution in [2.24, 2.45) is 5.92 Å². The van der Waals surface area contributed by atoms with E-state index >= 15 is 0 Å². The smallest absolute Gasteiger partial charge is 0.243 e. The van der Waals surface area contributed by atoms with Gasteiger partial charge in [0.15, 0.2) is 0 Å². The number of carbonyl (C=O) groups excluding carboxylic acids is 1. The van der Waals surface area contributed by atoms with E-state index in [9.17, 15) is 13.2 Å². The summed E-state index contributed by atoms with van der Waals surface area (Å²) >= 11 is 0. The van der Waals surface area contributed by atoms with Crippen molar-refractivity contribution in [2.75, 3.05) is 26.2 Å². The Hall–Kier alpha value is -1.40.